The van der Waals surface area contributed by atoms with Crippen LogP contribution < -0.4 is 5.32 Å². The second-order valence-corrected chi connectivity index (χ2v) is 6.45. The number of hydrogen-bond donors (Lipinski definition) is 1. The van der Waals surface area contributed by atoms with Crippen molar-refractivity contribution >= 4 is 45.1 Å². The number of nitrogens with zero attached hydrogens (tertiary/aromatic N) is 1. The molecule has 0 amide bonds. The van der Waals surface area contributed by atoms with E-state index >= 15 is 0 Å². The van der Waals surface area contributed by atoms with E-state index in [9.17, 15) is 0 Å². The summed E-state index contributed by atoms with van der Waals surface area (Å²) in [5.41, 5.74) is 3.49. The molecule has 0 bridgehead atoms. The van der Waals surface area contributed by atoms with Gasteiger partial charge in [-0.3, -0.25) is 4.98 Å². The van der Waals surface area contributed by atoms with Gasteiger partial charge in [-0.15, -0.1) is 0 Å². The molecular formula is C17H14ClIN2. The Bertz CT molecular complexity index is 774. The molecule has 1 aromatic heterocycles. The molecule has 1 heterocycles. The van der Waals surface area contributed by atoms with Crippen LogP contribution >= 0.6 is 34.2 Å². The molecule has 21 heavy (non-hydrogen) atoms. The summed E-state index contributed by atoms with van der Waals surface area (Å²) < 4.78 is 1.08. The van der Waals surface area contributed by atoms with Gasteiger partial charge in [-0.1, -0.05) is 29.8 Å². The number of rotatable bonds is 4. The molecule has 4 heteroatoms. The quantitative estimate of drug-likeness (QED) is 0.628. The van der Waals surface area contributed by atoms with Gasteiger partial charge in [0.1, 0.15) is 0 Å². The van der Waals surface area contributed by atoms with Crippen molar-refractivity contribution in [1.29, 1.82) is 0 Å². The van der Waals surface area contributed by atoms with Gasteiger partial charge in [0.25, 0.3) is 0 Å². The molecule has 0 unspecified atom stereocenters. The van der Waals surface area contributed by atoms with E-state index in [4.69, 9.17) is 11.6 Å². The monoisotopic (exact) mass is 408 g/mol. The first-order valence-corrected chi connectivity index (χ1v) is 8.16. The number of fused-ring (bicyclic) bond motifs is 1. The van der Waals surface area contributed by atoms with Crippen LogP contribution in [0.25, 0.3) is 10.9 Å². The van der Waals surface area contributed by atoms with E-state index in [1.165, 1.54) is 16.5 Å². The van der Waals surface area contributed by atoms with E-state index in [-0.39, 0.29) is 0 Å². The summed E-state index contributed by atoms with van der Waals surface area (Å²) in [7, 11) is 0. The zero-order chi connectivity index (χ0) is 14.7. The van der Waals surface area contributed by atoms with Crippen molar-refractivity contribution in [2.75, 3.05) is 0 Å². The minimum atomic E-state index is 0.807. The number of halogens is 2. The van der Waals surface area contributed by atoms with E-state index in [2.05, 4.69) is 63.2 Å². The maximum absolute atomic E-state index is 6.13. The standard InChI is InChI=1S/C17H14ClIN2/c18-15-9-13(3-5-16(15)19)11-20-10-12-4-6-17-14(8-12)2-1-7-21-17/h1-9,20H,10-11H2. The van der Waals surface area contributed by atoms with Crippen LogP contribution in [0.4, 0.5) is 0 Å². The largest absolute Gasteiger partial charge is 0.309 e. The number of aromatic nitrogens is 1. The fourth-order valence-corrected chi connectivity index (χ4v) is 2.77. The first kappa shape index (κ1) is 14.8. The summed E-state index contributed by atoms with van der Waals surface area (Å²) in [6, 6.07) is 16.6. The predicted octanol–water partition coefficient (Wildman–Crippen LogP) is 4.78. The molecule has 0 radical (unpaired) electrons. The summed E-state index contributed by atoms with van der Waals surface area (Å²) in [6.45, 7) is 1.64. The van der Waals surface area contributed by atoms with Crippen LogP contribution in [0.3, 0.4) is 0 Å². The van der Waals surface area contributed by atoms with Crippen molar-refractivity contribution in [3.05, 3.63) is 74.4 Å². The first-order chi connectivity index (χ1) is 10.2. The van der Waals surface area contributed by atoms with E-state index in [0.29, 0.717) is 0 Å². The minimum Gasteiger partial charge on any atom is -0.309 e. The lowest BCUT2D eigenvalue weighted by molar-refractivity contribution is 0.694. The second-order valence-electron chi connectivity index (χ2n) is 4.88. The number of nitrogens with one attached hydrogen (secondary N) is 1. The van der Waals surface area contributed by atoms with Crippen molar-refractivity contribution < 1.29 is 0 Å². The zero-order valence-corrected chi connectivity index (χ0v) is 14.2. The van der Waals surface area contributed by atoms with Crippen molar-refractivity contribution in [3.8, 4) is 0 Å². The van der Waals surface area contributed by atoms with Crippen LogP contribution in [0, 0.1) is 3.57 Å². The Morgan fingerprint density at radius 2 is 1.76 bits per heavy atom. The Labute approximate surface area is 142 Å². The number of pyridine rings is 1. The van der Waals surface area contributed by atoms with Crippen molar-refractivity contribution in [3.63, 3.8) is 0 Å². The Kier molecular flexibility index (Phi) is 4.73. The lowest BCUT2D eigenvalue weighted by Gasteiger charge is -2.07. The molecular weight excluding hydrogens is 395 g/mol. The highest BCUT2D eigenvalue weighted by atomic mass is 127. The van der Waals surface area contributed by atoms with Crippen LogP contribution in [0.2, 0.25) is 5.02 Å². The van der Waals surface area contributed by atoms with Gasteiger partial charge in [-0.25, -0.2) is 0 Å². The van der Waals surface area contributed by atoms with Crippen LogP contribution in [-0.4, -0.2) is 4.98 Å². The van der Waals surface area contributed by atoms with Gasteiger partial charge in [0, 0.05) is 28.2 Å². The van der Waals surface area contributed by atoms with Gasteiger partial charge >= 0.3 is 0 Å². The average Bonchev–Trinajstić information content (AvgIpc) is 2.51. The fraction of sp³-hybridized carbons (Fsp3) is 0.118. The minimum absolute atomic E-state index is 0.807. The van der Waals surface area contributed by atoms with Crippen molar-refractivity contribution in [2.24, 2.45) is 0 Å². The molecule has 0 saturated carbocycles. The van der Waals surface area contributed by atoms with Crippen molar-refractivity contribution in [1.82, 2.24) is 10.3 Å². The molecule has 0 aliphatic rings. The van der Waals surface area contributed by atoms with Crippen LogP contribution in [0.1, 0.15) is 11.1 Å². The first-order valence-electron chi connectivity index (χ1n) is 6.71. The van der Waals surface area contributed by atoms with E-state index in [0.717, 1.165) is 27.2 Å². The maximum Gasteiger partial charge on any atom is 0.0702 e. The number of hydrogen-bond acceptors (Lipinski definition) is 2. The molecule has 0 saturated heterocycles. The van der Waals surface area contributed by atoms with Crippen LogP contribution in [0.5, 0.6) is 0 Å². The molecule has 3 aromatic rings. The van der Waals surface area contributed by atoms with Gasteiger partial charge < -0.3 is 5.32 Å². The summed E-state index contributed by atoms with van der Waals surface area (Å²) >= 11 is 8.37. The molecule has 0 spiro atoms. The summed E-state index contributed by atoms with van der Waals surface area (Å²) in [5, 5.41) is 5.43. The Morgan fingerprint density at radius 1 is 1.00 bits per heavy atom. The molecule has 2 aromatic carbocycles. The lowest BCUT2D eigenvalue weighted by Crippen LogP contribution is -2.12. The maximum atomic E-state index is 6.13. The van der Waals surface area contributed by atoms with Gasteiger partial charge in [0.15, 0.2) is 0 Å². The molecule has 0 atom stereocenters. The highest BCUT2D eigenvalue weighted by Gasteiger charge is 2.00. The summed E-state index contributed by atoms with van der Waals surface area (Å²) in [4.78, 5) is 4.33. The third kappa shape index (κ3) is 3.73. The highest BCUT2D eigenvalue weighted by molar-refractivity contribution is 14.1. The third-order valence-corrected chi connectivity index (χ3v) is 4.88. The molecule has 1 N–H and O–H groups in total. The summed E-state index contributed by atoms with van der Waals surface area (Å²) in [6.07, 6.45) is 1.82. The van der Waals surface area contributed by atoms with Crippen LogP contribution in [0.15, 0.2) is 54.7 Å². The van der Waals surface area contributed by atoms with Gasteiger partial charge in [0.2, 0.25) is 0 Å². The van der Waals surface area contributed by atoms with E-state index < -0.39 is 0 Å². The fourth-order valence-electron chi connectivity index (χ4n) is 2.24. The topological polar surface area (TPSA) is 24.9 Å². The molecule has 0 aliphatic heterocycles. The molecule has 0 aliphatic carbocycles. The number of benzene rings is 2. The molecule has 2 nitrogen and oxygen atoms in total. The molecule has 0 fully saturated rings. The van der Waals surface area contributed by atoms with Gasteiger partial charge in [0.05, 0.1) is 10.5 Å². The third-order valence-electron chi connectivity index (χ3n) is 3.31. The smallest absolute Gasteiger partial charge is 0.0702 e. The Balaban J connectivity index is 1.64. The van der Waals surface area contributed by atoms with Crippen molar-refractivity contribution in [2.45, 2.75) is 13.1 Å². The summed E-state index contributed by atoms with van der Waals surface area (Å²) in [5.74, 6) is 0. The zero-order valence-electron chi connectivity index (χ0n) is 11.3. The van der Waals surface area contributed by atoms with Gasteiger partial charge in [-0.05, 0) is 64.0 Å². The van der Waals surface area contributed by atoms with Gasteiger partial charge in [-0.2, -0.15) is 0 Å². The highest BCUT2D eigenvalue weighted by Crippen LogP contribution is 2.19. The Hall–Kier alpha value is -1.17. The molecule has 106 valence electrons. The van der Waals surface area contributed by atoms with E-state index in [1.807, 2.05) is 24.4 Å². The van der Waals surface area contributed by atoms with E-state index in [1.54, 1.807) is 0 Å². The Morgan fingerprint density at radius 3 is 2.57 bits per heavy atom. The SMILES string of the molecule is Clc1cc(CNCc2ccc3ncccc3c2)ccc1I. The second kappa shape index (κ2) is 6.73. The normalized spacial score (nSPS) is 11.0. The predicted molar refractivity (Wildman–Crippen MR) is 96.5 cm³/mol. The molecule has 3 rings (SSSR count). The average molecular weight is 409 g/mol. The lowest BCUT2D eigenvalue weighted by atomic mass is 10.1. The van der Waals surface area contributed by atoms with Crippen LogP contribution in [-0.2, 0) is 13.1 Å².